The number of hydrogen-bond acceptors (Lipinski definition) is 2. The van der Waals surface area contributed by atoms with Crippen molar-refractivity contribution in [2.45, 2.75) is 19.3 Å². The predicted octanol–water partition coefficient (Wildman–Crippen LogP) is 3.04. The third kappa shape index (κ3) is 2.93. The van der Waals surface area contributed by atoms with Gasteiger partial charge in [0, 0.05) is 18.7 Å². The average Bonchev–Trinajstić information content (AvgIpc) is 2.54. The standard InChI is InChI=1S/C18H22N2O/c19-11-10-14-5-4-12-20(13-14)18(21)17-9-3-7-15-6-1-2-8-16(15)17/h1-3,6-9,14H,4-5,10-13,19H2. The number of benzene rings is 2. The summed E-state index contributed by atoms with van der Waals surface area (Å²) in [5.41, 5.74) is 6.48. The SMILES string of the molecule is NCCC1CCCN(C(=O)c2cccc3ccccc23)C1. The molecule has 1 fully saturated rings. The monoisotopic (exact) mass is 282 g/mol. The first-order valence-electron chi connectivity index (χ1n) is 7.76. The van der Waals surface area contributed by atoms with Crippen LogP contribution in [0.1, 0.15) is 29.6 Å². The van der Waals surface area contributed by atoms with E-state index in [1.165, 1.54) is 6.42 Å². The molecule has 2 aromatic rings. The minimum Gasteiger partial charge on any atom is -0.338 e. The summed E-state index contributed by atoms with van der Waals surface area (Å²) in [5, 5.41) is 2.17. The second kappa shape index (κ2) is 6.27. The van der Waals surface area contributed by atoms with E-state index in [1.807, 2.05) is 35.2 Å². The van der Waals surface area contributed by atoms with Crippen molar-refractivity contribution in [3.8, 4) is 0 Å². The molecule has 2 aromatic carbocycles. The number of rotatable bonds is 3. The summed E-state index contributed by atoms with van der Waals surface area (Å²) in [6.45, 7) is 2.42. The minimum absolute atomic E-state index is 0.161. The number of nitrogens with two attached hydrogens (primary N) is 1. The molecule has 1 aliphatic heterocycles. The van der Waals surface area contributed by atoms with Gasteiger partial charge in [0.15, 0.2) is 0 Å². The summed E-state index contributed by atoms with van der Waals surface area (Å²) in [6.07, 6.45) is 3.29. The fraction of sp³-hybridized carbons (Fsp3) is 0.389. The topological polar surface area (TPSA) is 46.3 Å². The lowest BCUT2D eigenvalue weighted by molar-refractivity contribution is 0.0671. The molecule has 3 heteroatoms. The van der Waals surface area contributed by atoms with Gasteiger partial charge in [0.1, 0.15) is 0 Å². The number of piperidine rings is 1. The molecule has 2 N–H and O–H groups in total. The number of amides is 1. The smallest absolute Gasteiger partial charge is 0.254 e. The van der Waals surface area contributed by atoms with Crippen molar-refractivity contribution in [3.05, 3.63) is 48.0 Å². The number of carbonyl (C=O) groups is 1. The van der Waals surface area contributed by atoms with Crippen LogP contribution in [0.15, 0.2) is 42.5 Å². The third-order valence-corrected chi connectivity index (χ3v) is 4.40. The summed E-state index contributed by atoms with van der Waals surface area (Å²) in [4.78, 5) is 14.9. The van der Waals surface area contributed by atoms with Crippen molar-refractivity contribution >= 4 is 16.7 Å². The molecular formula is C18H22N2O. The molecule has 0 spiro atoms. The molecule has 1 unspecified atom stereocenters. The fourth-order valence-corrected chi connectivity index (χ4v) is 3.30. The van der Waals surface area contributed by atoms with Gasteiger partial charge in [0.25, 0.3) is 5.91 Å². The fourth-order valence-electron chi connectivity index (χ4n) is 3.30. The molecule has 3 nitrogen and oxygen atoms in total. The zero-order valence-corrected chi connectivity index (χ0v) is 12.3. The van der Waals surface area contributed by atoms with Gasteiger partial charge in [0.2, 0.25) is 0 Å². The maximum absolute atomic E-state index is 12.9. The molecular weight excluding hydrogens is 260 g/mol. The normalized spacial score (nSPS) is 18.9. The van der Waals surface area contributed by atoms with Crippen LogP contribution in [-0.4, -0.2) is 30.4 Å². The van der Waals surface area contributed by atoms with Crippen molar-refractivity contribution < 1.29 is 4.79 Å². The number of hydrogen-bond donors (Lipinski definition) is 1. The summed E-state index contributed by atoms with van der Waals surface area (Å²) >= 11 is 0. The molecule has 1 heterocycles. The Morgan fingerprint density at radius 1 is 1.19 bits per heavy atom. The van der Waals surface area contributed by atoms with Gasteiger partial charge < -0.3 is 10.6 Å². The zero-order chi connectivity index (χ0) is 14.7. The Labute approximate surface area is 125 Å². The first kappa shape index (κ1) is 14.1. The Morgan fingerprint density at radius 2 is 2.00 bits per heavy atom. The molecule has 1 atom stereocenters. The maximum Gasteiger partial charge on any atom is 0.254 e. The van der Waals surface area contributed by atoms with Crippen LogP contribution in [0.25, 0.3) is 10.8 Å². The quantitative estimate of drug-likeness (QED) is 0.940. The zero-order valence-electron chi connectivity index (χ0n) is 12.3. The maximum atomic E-state index is 12.9. The highest BCUT2D eigenvalue weighted by Gasteiger charge is 2.24. The van der Waals surface area contributed by atoms with Gasteiger partial charge in [-0.15, -0.1) is 0 Å². The van der Waals surface area contributed by atoms with E-state index in [4.69, 9.17) is 5.73 Å². The van der Waals surface area contributed by atoms with E-state index in [0.717, 1.165) is 42.3 Å². The molecule has 110 valence electrons. The van der Waals surface area contributed by atoms with Crippen molar-refractivity contribution in [1.29, 1.82) is 0 Å². The van der Waals surface area contributed by atoms with E-state index in [2.05, 4.69) is 12.1 Å². The van der Waals surface area contributed by atoms with Crippen LogP contribution in [0.5, 0.6) is 0 Å². The van der Waals surface area contributed by atoms with Gasteiger partial charge in [-0.2, -0.15) is 0 Å². The second-order valence-electron chi connectivity index (χ2n) is 5.86. The van der Waals surface area contributed by atoms with E-state index in [1.54, 1.807) is 0 Å². The molecule has 1 aliphatic rings. The van der Waals surface area contributed by atoms with Crippen LogP contribution in [0.2, 0.25) is 0 Å². The van der Waals surface area contributed by atoms with Crippen molar-refractivity contribution in [1.82, 2.24) is 4.90 Å². The van der Waals surface area contributed by atoms with E-state index in [-0.39, 0.29) is 5.91 Å². The number of fused-ring (bicyclic) bond motifs is 1. The Bertz CT molecular complexity index is 631. The molecule has 0 saturated carbocycles. The van der Waals surface area contributed by atoms with Gasteiger partial charge in [0.05, 0.1) is 0 Å². The van der Waals surface area contributed by atoms with E-state index < -0.39 is 0 Å². The third-order valence-electron chi connectivity index (χ3n) is 4.40. The highest BCUT2D eigenvalue weighted by molar-refractivity contribution is 6.07. The van der Waals surface area contributed by atoms with Crippen molar-refractivity contribution in [2.75, 3.05) is 19.6 Å². The van der Waals surface area contributed by atoms with Crippen LogP contribution >= 0.6 is 0 Å². The summed E-state index contributed by atoms with van der Waals surface area (Å²) in [6, 6.07) is 14.1. The molecule has 0 bridgehead atoms. The molecule has 0 radical (unpaired) electrons. The Kier molecular flexibility index (Phi) is 4.20. The Hall–Kier alpha value is -1.87. The van der Waals surface area contributed by atoms with Crippen LogP contribution in [0.4, 0.5) is 0 Å². The Morgan fingerprint density at radius 3 is 2.86 bits per heavy atom. The van der Waals surface area contributed by atoms with E-state index in [9.17, 15) is 4.79 Å². The predicted molar refractivity (Wildman–Crippen MR) is 86.2 cm³/mol. The lowest BCUT2D eigenvalue weighted by Gasteiger charge is -2.33. The lowest BCUT2D eigenvalue weighted by atomic mass is 9.94. The number of likely N-dealkylation sites (tertiary alicyclic amines) is 1. The molecule has 0 aliphatic carbocycles. The first-order chi connectivity index (χ1) is 10.3. The largest absolute Gasteiger partial charge is 0.338 e. The first-order valence-corrected chi connectivity index (χ1v) is 7.76. The van der Waals surface area contributed by atoms with Gasteiger partial charge >= 0.3 is 0 Å². The van der Waals surface area contributed by atoms with Gasteiger partial charge in [-0.3, -0.25) is 4.79 Å². The highest BCUT2D eigenvalue weighted by Crippen LogP contribution is 2.24. The Balaban J connectivity index is 1.86. The summed E-state index contributed by atoms with van der Waals surface area (Å²) in [7, 11) is 0. The van der Waals surface area contributed by atoms with Gasteiger partial charge in [-0.05, 0) is 48.6 Å². The highest BCUT2D eigenvalue weighted by atomic mass is 16.2. The summed E-state index contributed by atoms with van der Waals surface area (Å²) in [5.74, 6) is 0.719. The number of carbonyl (C=O) groups excluding carboxylic acids is 1. The van der Waals surface area contributed by atoms with E-state index in [0.29, 0.717) is 12.5 Å². The van der Waals surface area contributed by atoms with Gasteiger partial charge in [-0.25, -0.2) is 0 Å². The lowest BCUT2D eigenvalue weighted by Crippen LogP contribution is -2.40. The van der Waals surface area contributed by atoms with Crippen LogP contribution < -0.4 is 5.73 Å². The second-order valence-corrected chi connectivity index (χ2v) is 5.86. The molecule has 1 amide bonds. The van der Waals surface area contributed by atoms with E-state index >= 15 is 0 Å². The van der Waals surface area contributed by atoms with Crippen LogP contribution in [-0.2, 0) is 0 Å². The molecule has 21 heavy (non-hydrogen) atoms. The van der Waals surface area contributed by atoms with Crippen LogP contribution in [0, 0.1) is 5.92 Å². The number of nitrogens with zero attached hydrogens (tertiary/aromatic N) is 1. The van der Waals surface area contributed by atoms with Crippen molar-refractivity contribution in [2.24, 2.45) is 11.7 Å². The average molecular weight is 282 g/mol. The summed E-state index contributed by atoms with van der Waals surface area (Å²) < 4.78 is 0. The molecule has 3 rings (SSSR count). The molecule has 0 aromatic heterocycles. The minimum atomic E-state index is 0.161. The van der Waals surface area contributed by atoms with Crippen LogP contribution in [0.3, 0.4) is 0 Å². The molecule has 1 saturated heterocycles. The van der Waals surface area contributed by atoms with Crippen molar-refractivity contribution in [3.63, 3.8) is 0 Å². The van der Waals surface area contributed by atoms with Gasteiger partial charge in [-0.1, -0.05) is 36.4 Å².